The van der Waals surface area contributed by atoms with Crippen LogP contribution in [0.25, 0.3) is 11.3 Å². The zero-order chi connectivity index (χ0) is 27.7. The maximum atomic E-state index is 8.12. The van der Waals surface area contributed by atoms with Crippen molar-refractivity contribution in [2.24, 2.45) is 0 Å². The maximum absolute atomic E-state index is 8.12. The van der Waals surface area contributed by atoms with Gasteiger partial charge in [0.1, 0.15) is 23.8 Å². The second-order valence-electron chi connectivity index (χ2n) is 10.0. The molecule has 0 bridgehead atoms. The molecule has 2 aromatic heterocycles. The molecule has 2 aliphatic carbocycles. The van der Waals surface area contributed by atoms with Gasteiger partial charge in [-0.3, -0.25) is 4.68 Å². The summed E-state index contributed by atoms with van der Waals surface area (Å²) >= 11 is 19.7. The Kier molecular flexibility index (Phi) is 8.15. The highest BCUT2D eigenvalue weighted by Gasteiger charge is 2.43. The van der Waals surface area contributed by atoms with Crippen LogP contribution in [0, 0.1) is 0 Å². The van der Waals surface area contributed by atoms with Gasteiger partial charge in [0.2, 0.25) is 0 Å². The fraction of sp³-hybridized carbons (Fsp3) is 0.345. The molecule has 10 heteroatoms. The van der Waals surface area contributed by atoms with E-state index >= 15 is 0 Å². The fourth-order valence-electron chi connectivity index (χ4n) is 5.02. The SMILES string of the molecule is CC(C)n1nccc1C1CC1c1ccc(OCc2c(-c3c(Cl)cccc3Cl)noc2C2CC2)cc1Cl.O=C=O. The standard InChI is InChI=1S/C28H26Cl3N3O2.CO2/c1-15(2)34-25(10-11-32-34)20-13-19(20)18-9-8-17(12-24(18)31)35-14-21-27(33-36-28(21)16-6-7-16)26-22(29)4-3-5-23(26)30;2-1-3/h3-5,8-12,15-16,19-20H,6-7,13-14H2,1-2H3;. The third-order valence-corrected chi connectivity index (χ3v) is 8.04. The summed E-state index contributed by atoms with van der Waals surface area (Å²) in [5, 5.41) is 10.6. The first-order valence-corrected chi connectivity index (χ1v) is 13.8. The van der Waals surface area contributed by atoms with E-state index in [1.807, 2.05) is 24.4 Å². The Balaban J connectivity index is 0.000000983. The van der Waals surface area contributed by atoms with Crippen LogP contribution in [0.3, 0.4) is 0 Å². The van der Waals surface area contributed by atoms with Crippen molar-refractivity contribution in [1.82, 2.24) is 14.9 Å². The molecule has 0 N–H and O–H groups in total. The van der Waals surface area contributed by atoms with Crippen molar-refractivity contribution in [2.75, 3.05) is 0 Å². The Labute approximate surface area is 241 Å². The first-order chi connectivity index (χ1) is 18.8. The predicted molar refractivity (Wildman–Crippen MR) is 147 cm³/mol. The molecule has 2 fully saturated rings. The number of ether oxygens (including phenoxy) is 1. The highest BCUT2D eigenvalue weighted by atomic mass is 35.5. The smallest absolute Gasteiger partial charge is 0.373 e. The molecule has 2 saturated carbocycles. The molecule has 6 rings (SSSR count). The molecular formula is C29H26Cl3N3O4. The number of halogens is 3. The zero-order valence-corrected chi connectivity index (χ0v) is 23.6. The number of hydrogen-bond acceptors (Lipinski definition) is 6. The van der Waals surface area contributed by atoms with Gasteiger partial charge in [-0.25, -0.2) is 0 Å². The summed E-state index contributed by atoms with van der Waals surface area (Å²) in [6, 6.07) is 13.9. The van der Waals surface area contributed by atoms with Crippen molar-refractivity contribution in [3.8, 4) is 17.0 Å². The van der Waals surface area contributed by atoms with Crippen LogP contribution in [0.15, 0.2) is 53.2 Å². The lowest BCUT2D eigenvalue weighted by Gasteiger charge is -2.12. The van der Waals surface area contributed by atoms with Gasteiger partial charge in [-0.1, -0.05) is 52.1 Å². The van der Waals surface area contributed by atoms with Crippen molar-refractivity contribution >= 4 is 41.0 Å². The Bertz CT molecular complexity index is 1500. The van der Waals surface area contributed by atoms with E-state index in [0.29, 0.717) is 57.5 Å². The largest absolute Gasteiger partial charge is 0.489 e. The second kappa shape index (κ2) is 11.6. The van der Waals surface area contributed by atoms with Gasteiger partial charge in [-0.05, 0) is 74.9 Å². The predicted octanol–water partition coefficient (Wildman–Crippen LogP) is 8.22. The Hall–Kier alpha value is -3.09. The Morgan fingerprint density at radius 2 is 1.77 bits per heavy atom. The molecule has 202 valence electrons. The molecular weight excluding hydrogens is 561 g/mol. The average Bonchev–Trinajstić information content (AvgIpc) is 3.81. The monoisotopic (exact) mass is 585 g/mol. The Morgan fingerprint density at radius 3 is 2.41 bits per heavy atom. The van der Waals surface area contributed by atoms with Crippen LogP contribution in [-0.4, -0.2) is 21.1 Å². The summed E-state index contributed by atoms with van der Waals surface area (Å²) in [5.74, 6) is 2.76. The fourth-order valence-corrected chi connectivity index (χ4v) is 5.90. The quantitative estimate of drug-likeness (QED) is 0.207. The van der Waals surface area contributed by atoms with Gasteiger partial charge < -0.3 is 9.26 Å². The highest BCUT2D eigenvalue weighted by Crippen LogP contribution is 2.56. The molecule has 2 aromatic carbocycles. The summed E-state index contributed by atoms with van der Waals surface area (Å²) < 4.78 is 14.1. The van der Waals surface area contributed by atoms with E-state index in [9.17, 15) is 0 Å². The highest BCUT2D eigenvalue weighted by molar-refractivity contribution is 6.39. The first kappa shape index (κ1) is 27.5. The molecule has 2 aliphatic rings. The van der Waals surface area contributed by atoms with Crippen LogP contribution in [0.2, 0.25) is 15.1 Å². The van der Waals surface area contributed by atoms with E-state index in [2.05, 4.69) is 40.9 Å². The number of hydrogen-bond donors (Lipinski definition) is 0. The van der Waals surface area contributed by atoms with Gasteiger partial charge in [0.15, 0.2) is 0 Å². The normalized spacial score (nSPS) is 17.9. The maximum Gasteiger partial charge on any atom is 0.373 e. The van der Waals surface area contributed by atoms with Gasteiger partial charge >= 0.3 is 6.15 Å². The van der Waals surface area contributed by atoms with E-state index < -0.39 is 0 Å². The number of benzene rings is 2. The van der Waals surface area contributed by atoms with Crippen molar-refractivity contribution in [3.63, 3.8) is 0 Å². The molecule has 2 unspecified atom stereocenters. The lowest BCUT2D eigenvalue weighted by molar-refractivity contribution is -0.191. The van der Waals surface area contributed by atoms with Crippen molar-refractivity contribution in [1.29, 1.82) is 0 Å². The van der Waals surface area contributed by atoms with E-state index in [4.69, 9.17) is 53.7 Å². The molecule has 2 heterocycles. The second-order valence-corrected chi connectivity index (χ2v) is 11.3. The van der Waals surface area contributed by atoms with Gasteiger partial charge in [-0.15, -0.1) is 0 Å². The van der Waals surface area contributed by atoms with Gasteiger partial charge in [-0.2, -0.15) is 14.7 Å². The summed E-state index contributed by atoms with van der Waals surface area (Å²) in [6.45, 7) is 4.60. The van der Waals surface area contributed by atoms with Crippen LogP contribution in [-0.2, 0) is 16.2 Å². The molecule has 0 spiro atoms. The van der Waals surface area contributed by atoms with E-state index in [1.54, 1.807) is 12.1 Å². The minimum atomic E-state index is 0.250. The summed E-state index contributed by atoms with van der Waals surface area (Å²) in [4.78, 5) is 16.2. The molecule has 0 radical (unpaired) electrons. The molecule has 7 nitrogen and oxygen atoms in total. The van der Waals surface area contributed by atoms with Crippen LogP contribution >= 0.6 is 34.8 Å². The molecule has 0 amide bonds. The summed E-state index contributed by atoms with van der Waals surface area (Å²) in [6.07, 6.45) is 5.37. The van der Waals surface area contributed by atoms with Crippen LogP contribution in [0.5, 0.6) is 5.75 Å². The summed E-state index contributed by atoms with van der Waals surface area (Å²) in [5.41, 5.74) is 4.62. The van der Waals surface area contributed by atoms with Gasteiger partial charge in [0.05, 0.1) is 15.6 Å². The zero-order valence-electron chi connectivity index (χ0n) is 21.4. The van der Waals surface area contributed by atoms with Crippen molar-refractivity contribution in [3.05, 3.63) is 86.3 Å². The van der Waals surface area contributed by atoms with Crippen LogP contribution < -0.4 is 4.74 Å². The summed E-state index contributed by atoms with van der Waals surface area (Å²) in [7, 11) is 0. The van der Waals surface area contributed by atoms with Crippen LogP contribution in [0.1, 0.15) is 79.5 Å². The minimum Gasteiger partial charge on any atom is -0.489 e. The van der Waals surface area contributed by atoms with Gasteiger partial charge in [0.25, 0.3) is 0 Å². The van der Waals surface area contributed by atoms with Crippen LogP contribution in [0.4, 0.5) is 0 Å². The number of nitrogens with zero attached hydrogens (tertiary/aromatic N) is 3. The molecule has 0 saturated heterocycles. The van der Waals surface area contributed by atoms with E-state index in [-0.39, 0.29) is 6.15 Å². The molecule has 39 heavy (non-hydrogen) atoms. The third-order valence-electron chi connectivity index (χ3n) is 7.08. The molecule has 2 atom stereocenters. The van der Waals surface area contributed by atoms with E-state index in [1.165, 1.54) is 5.69 Å². The number of carbonyl (C=O) groups excluding carboxylic acids is 2. The lowest BCUT2D eigenvalue weighted by Crippen LogP contribution is -2.06. The van der Waals surface area contributed by atoms with E-state index in [0.717, 1.165) is 41.2 Å². The molecule has 0 aliphatic heterocycles. The van der Waals surface area contributed by atoms with Crippen molar-refractivity contribution < 1.29 is 18.8 Å². The topological polar surface area (TPSA) is 87.2 Å². The minimum absolute atomic E-state index is 0.250. The van der Waals surface area contributed by atoms with Crippen molar-refractivity contribution in [2.45, 2.75) is 63.5 Å². The third kappa shape index (κ3) is 5.78. The molecule has 4 aromatic rings. The average molecular weight is 587 g/mol. The lowest BCUT2D eigenvalue weighted by atomic mass is 10.0. The number of rotatable bonds is 8. The first-order valence-electron chi connectivity index (χ1n) is 12.7. The van der Waals surface area contributed by atoms with Gasteiger partial charge in [0, 0.05) is 40.4 Å². The Morgan fingerprint density at radius 1 is 1.05 bits per heavy atom. The number of aromatic nitrogens is 3.